The molecule has 118 valence electrons. The van der Waals surface area contributed by atoms with Crippen molar-refractivity contribution in [3.05, 3.63) is 58.3 Å². The molecule has 1 aromatic carbocycles. The zero-order valence-corrected chi connectivity index (χ0v) is 13.2. The molecule has 0 N–H and O–H groups in total. The molecule has 0 atom stereocenters. The normalized spacial score (nSPS) is 14.3. The quantitative estimate of drug-likeness (QED) is 0.721. The van der Waals surface area contributed by atoms with Gasteiger partial charge < -0.3 is 4.90 Å². The zero-order valence-electron chi connectivity index (χ0n) is 12.4. The minimum atomic E-state index is -0.212. The molecule has 0 amide bonds. The molecule has 2 heterocycles. The van der Waals surface area contributed by atoms with Crippen LogP contribution in [-0.2, 0) is 6.42 Å². The molecule has 1 fully saturated rings. The minimum Gasteiger partial charge on any atom is -0.343 e. The van der Waals surface area contributed by atoms with Gasteiger partial charge in [0, 0.05) is 24.8 Å². The molecule has 1 aliphatic rings. The Morgan fingerprint density at radius 2 is 2.22 bits per heavy atom. The van der Waals surface area contributed by atoms with E-state index in [4.69, 9.17) is 0 Å². The number of anilines is 1. The van der Waals surface area contributed by atoms with Gasteiger partial charge in [0.1, 0.15) is 5.82 Å². The average Bonchev–Trinajstić information content (AvgIpc) is 3.27. The summed E-state index contributed by atoms with van der Waals surface area (Å²) in [6.45, 7) is 0.753. The Balaban J connectivity index is 1.59. The van der Waals surface area contributed by atoms with Crippen LogP contribution >= 0.6 is 11.3 Å². The van der Waals surface area contributed by atoms with Crippen LogP contribution in [-0.4, -0.2) is 27.2 Å². The van der Waals surface area contributed by atoms with E-state index >= 15 is 0 Å². The molecule has 0 radical (unpaired) electrons. The number of halogens is 1. The highest BCUT2D eigenvalue weighted by Gasteiger charge is 2.31. The van der Waals surface area contributed by atoms with E-state index in [9.17, 15) is 9.18 Å². The summed E-state index contributed by atoms with van der Waals surface area (Å²) in [6.07, 6.45) is 4.50. The summed E-state index contributed by atoms with van der Waals surface area (Å²) >= 11 is 1.42. The van der Waals surface area contributed by atoms with Crippen LogP contribution in [0.4, 0.5) is 9.52 Å². The molecule has 0 spiro atoms. The Labute approximate surface area is 136 Å². The highest BCUT2D eigenvalue weighted by atomic mass is 32.1. The summed E-state index contributed by atoms with van der Waals surface area (Å²) in [5.74, 6) is -0.212. The number of fused-ring (bicyclic) bond motifs is 1. The highest BCUT2D eigenvalue weighted by molar-refractivity contribution is 7.20. The number of hydrogen-bond donors (Lipinski definition) is 0. The van der Waals surface area contributed by atoms with Crippen molar-refractivity contribution in [3.8, 4) is 0 Å². The zero-order chi connectivity index (χ0) is 15.8. The number of benzene rings is 1. The lowest BCUT2D eigenvalue weighted by Gasteiger charge is -2.20. The van der Waals surface area contributed by atoms with E-state index in [1.807, 2.05) is 6.07 Å². The lowest BCUT2D eigenvalue weighted by Crippen LogP contribution is -2.28. The molecule has 0 unspecified atom stereocenters. The summed E-state index contributed by atoms with van der Waals surface area (Å²) in [5, 5.41) is 5.22. The SMILES string of the molecule is O=c1ccnc2sc(N(CCc3cccc(F)c3)C3CC3)nn12. The van der Waals surface area contributed by atoms with Crippen molar-refractivity contribution in [2.24, 2.45) is 0 Å². The van der Waals surface area contributed by atoms with Gasteiger partial charge in [-0.15, -0.1) is 5.10 Å². The summed E-state index contributed by atoms with van der Waals surface area (Å²) in [4.78, 5) is 18.8. The predicted molar refractivity (Wildman–Crippen MR) is 87.6 cm³/mol. The first-order valence-corrected chi connectivity index (χ1v) is 8.38. The minimum absolute atomic E-state index is 0.168. The maximum absolute atomic E-state index is 13.3. The first-order valence-electron chi connectivity index (χ1n) is 7.57. The average molecular weight is 330 g/mol. The predicted octanol–water partition coefficient (Wildman–Crippen LogP) is 2.50. The van der Waals surface area contributed by atoms with Crippen molar-refractivity contribution in [2.45, 2.75) is 25.3 Å². The van der Waals surface area contributed by atoms with E-state index in [1.54, 1.807) is 12.1 Å². The summed E-state index contributed by atoms with van der Waals surface area (Å²) < 4.78 is 14.6. The summed E-state index contributed by atoms with van der Waals surface area (Å²) in [6, 6.07) is 8.54. The lowest BCUT2D eigenvalue weighted by atomic mass is 10.1. The second-order valence-electron chi connectivity index (χ2n) is 5.67. The van der Waals surface area contributed by atoms with E-state index in [0.717, 1.165) is 36.5 Å². The number of aromatic nitrogens is 3. The second kappa shape index (κ2) is 5.73. The molecule has 1 saturated carbocycles. The fourth-order valence-corrected chi connectivity index (χ4v) is 3.59. The number of nitrogens with zero attached hydrogens (tertiary/aromatic N) is 4. The Morgan fingerprint density at radius 3 is 2.96 bits per heavy atom. The van der Waals surface area contributed by atoms with Gasteiger partial charge in [0.05, 0.1) is 0 Å². The molecule has 0 aliphatic heterocycles. The van der Waals surface area contributed by atoms with Crippen molar-refractivity contribution in [1.82, 2.24) is 14.6 Å². The molecule has 4 rings (SSSR count). The molecular weight excluding hydrogens is 315 g/mol. The molecule has 1 aliphatic carbocycles. The van der Waals surface area contributed by atoms with Gasteiger partial charge in [-0.2, -0.15) is 4.52 Å². The van der Waals surface area contributed by atoms with Gasteiger partial charge in [0.25, 0.3) is 5.56 Å². The van der Waals surface area contributed by atoms with Crippen LogP contribution in [0.25, 0.3) is 4.96 Å². The van der Waals surface area contributed by atoms with Crippen LogP contribution in [0.3, 0.4) is 0 Å². The maximum Gasteiger partial charge on any atom is 0.275 e. The van der Waals surface area contributed by atoms with E-state index in [1.165, 1.54) is 34.2 Å². The van der Waals surface area contributed by atoms with Gasteiger partial charge in [-0.1, -0.05) is 23.5 Å². The second-order valence-corrected chi connectivity index (χ2v) is 6.60. The first-order chi connectivity index (χ1) is 11.2. The van der Waals surface area contributed by atoms with Crippen molar-refractivity contribution in [1.29, 1.82) is 0 Å². The molecule has 23 heavy (non-hydrogen) atoms. The van der Waals surface area contributed by atoms with Crippen LogP contribution in [0.2, 0.25) is 0 Å². The fourth-order valence-electron chi connectivity index (χ4n) is 2.61. The third-order valence-electron chi connectivity index (χ3n) is 3.92. The molecule has 5 nitrogen and oxygen atoms in total. The number of hydrogen-bond acceptors (Lipinski definition) is 5. The molecule has 2 aromatic heterocycles. The van der Waals surface area contributed by atoms with Crippen molar-refractivity contribution < 1.29 is 4.39 Å². The highest BCUT2D eigenvalue weighted by Crippen LogP contribution is 2.33. The topological polar surface area (TPSA) is 50.5 Å². The Kier molecular flexibility index (Phi) is 3.57. The standard InChI is InChI=1S/C16H15FN4OS/c17-12-3-1-2-11(10-12)7-9-20(13-4-5-13)16-19-21-14(22)6-8-18-15(21)23-16/h1-3,6,8,10,13H,4-5,7,9H2. The fraction of sp³-hybridized carbons (Fsp3) is 0.312. The van der Waals surface area contributed by atoms with E-state index < -0.39 is 0 Å². The third kappa shape index (κ3) is 2.96. The van der Waals surface area contributed by atoms with E-state index in [-0.39, 0.29) is 11.4 Å². The number of rotatable bonds is 5. The third-order valence-corrected chi connectivity index (χ3v) is 4.88. The van der Waals surface area contributed by atoms with Crippen LogP contribution in [0.1, 0.15) is 18.4 Å². The summed E-state index contributed by atoms with van der Waals surface area (Å²) in [7, 11) is 0. The molecule has 7 heteroatoms. The van der Waals surface area contributed by atoms with Crippen LogP contribution in [0.15, 0.2) is 41.3 Å². The Hall–Kier alpha value is -2.28. The van der Waals surface area contributed by atoms with Crippen LogP contribution < -0.4 is 10.5 Å². The van der Waals surface area contributed by atoms with Gasteiger partial charge >= 0.3 is 0 Å². The van der Waals surface area contributed by atoms with Crippen molar-refractivity contribution in [2.75, 3.05) is 11.4 Å². The van der Waals surface area contributed by atoms with E-state index in [0.29, 0.717) is 11.0 Å². The van der Waals surface area contributed by atoms with Gasteiger partial charge in [-0.25, -0.2) is 9.37 Å². The van der Waals surface area contributed by atoms with Gasteiger partial charge in [-0.05, 0) is 37.0 Å². The molecule has 3 aromatic rings. The monoisotopic (exact) mass is 330 g/mol. The smallest absolute Gasteiger partial charge is 0.275 e. The van der Waals surface area contributed by atoms with Crippen molar-refractivity contribution in [3.63, 3.8) is 0 Å². The largest absolute Gasteiger partial charge is 0.343 e. The van der Waals surface area contributed by atoms with Crippen LogP contribution in [0, 0.1) is 5.82 Å². The van der Waals surface area contributed by atoms with Gasteiger partial charge in [-0.3, -0.25) is 4.79 Å². The molecular formula is C16H15FN4OS. The van der Waals surface area contributed by atoms with Gasteiger partial charge in [0.15, 0.2) is 0 Å². The van der Waals surface area contributed by atoms with Crippen molar-refractivity contribution >= 4 is 21.4 Å². The molecule has 0 saturated heterocycles. The molecule has 0 bridgehead atoms. The van der Waals surface area contributed by atoms with E-state index in [2.05, 4.69) is 15.0 Å². The Bertz CT molecular complexity index is 902. The maximum atomic E-state index is 13.3. The Morgan fingerprint density at radius 1 is 1.35 bits per heavy atom. The van der Waals surface area contributed by atoms with Gasteiger partial charge in [0.2, 0.25) is 10.1 Å². The lowest BCUT2D eigenvalue weighted by molar-refractivity contribution is 0.624. The summed E-state index contributed by atoms with van der Waals surface area (Å²) in [5.41, 5.74) is 0.797. The van der Waals surface area contributed by atoms with Crippen LogP contribution in [0.5, 0.6) is 0 Å². The first kappa shape index (κ1) is 14.3.